The first-order valence-corrected chi connectivity index (χ1v) is 6.84. The molecular weight excluding hydrogens is 232 g/mol. The summed E-state index contributed by atoms with van der Waals surface area (Å²) in [5, 5.41) is 0.704. The molecule has 1 nitrogen and oxygen atoms in total. The van der Waals surface area contributed by atoms with Gasteiger partial charge in [-0.15, -0.1) is 0 Å². The van der Waals surface area contributed by atoms with Gasteiger partial charge < -0.3 is 0 Å². The maximum absolute atomic E-state index is 12.1. The Morgan fingerprint density at radius 1 is 1.35 bits per heavy atom. The van der Waals surface area contributed by atoms with Crippen LogP contribution in [0.3, 0.4) is 0 Å². The van der Waals surface area contributed by atoms with Crippen molar-refractivity contribution >= 4 is 17.4 Å². The lowest BCUT2D eigenvalue weighted by molar-refractivity contribution is 0.0973. The average Bonchev–Trinajstić information content (AvgIpc) is 2.78. The van der Waals surface area contributed by atoms with E-state index in [1.165, 1.54) is 25.7 Å². The lowest BCUT2D eigenvalue weighted by atomic mass is 9.96. The van der Waals surface area contributed by atoms with Crippen LogP contribution in [0, 0.1) is 12.8 Å². The van der Waals surface area contributed by atoms with Gasteiger partial charge in [-0.2, -0.15) is 0 Å². The predicted octanol–water partition coefficient (Wildman–Crippen LogP) is 4.80. The summed E-state index contributed by atoms with van der Waals surface area (Å²) in [5.41, 5.74) is 1.83. The minimum absolute atomic E-state index is 0.270. The van der Waals surface area contributed by atoms with E-state index in [1.54, 1.807) is 6.07 Å². The van der Waals surface area contributed by atoms with Crippen LogP contribution < -0.4 is 0 Å². The third-order valence-corrected chi connectivity index (χ3v) is 3.98. The first-order chi connectivity index (χ1) is 8.16. The molecule has 1 aromatic carbocycles. The van der Waals surface area contributed by atoms with Crippen molar-refractivity contribution in [3.63, 3.8) is 0 Å². The molecule has 0 unspecified atom stereocenters. The third-order valence-electron chi connectivity index (χ3n) is 3.74. The predicted molar refractivity (Wildman–Crippen MR) is 71.7 cm³/mol. The highest BCUT2D eigenvalue weighted by Gasteiger charge is 2.17. The Bertz CT molecular complexity index is 405. The fourth-order valence-electron chi connectivity index (χ4n) is 2.71. The summed E-state index contributed by atoms with van der Waals surface area (Å²) >= 11 is 5.89. The van der Waals surface area contributed by atoms with Crippen molar-refractivity contribution in [3.8, 4) is 0 Å². The molecule has 0 bridgehead atoms. The molecule has 0 atom stereocenters. The summed E-state index contributed by atoms with van der Waals surface area (Å²) in [6.45, 7) is 1.95. The zero-order valence-corrected chi connectivity index (χ0v) is 11.1. The van der Waals surface area contributed by atoms with Crippen LogP contribution in [0.4, 0.5) is 0 Å². The van der Waals surface area contributed by atoms with E-state index in [0.717, 1.165) is 23.5 Å². The number of Topliss-reactive ketones (excluding diaryl/α,β-unsaturated/α-hetero) is 1. The lowest BCUT2D eigenvalue weighted by Crippen LogP contribution is -2.04. The maximum Gasteiger partial charge on any atom is 0.163 e. The van der Waals surface area contributed by atoms with Gasteiger partial charge in [-0.3, -0.25) is 4.79 Å². The van der Waals surface area contributed by atoms with E-state index >= 15 is 0 Å². The standard InChI is InChI=1S/C15H19ClO/c1-11-10-13(16)7-8-14(11)15(17)9-6-12-4-2-3-5-12/h7-8,10,12H,2-6,9H2,1H3. The highest BCUT2D eigenvalue weighted by Crippen LogP contribution is 2.29. The van der Waals surface area contributed by atoms with Gasteiger partial charge in [-0.05, 0) is 43.0 Å². The molecule has 17 heavy (non-hydrogen) atoms. The molecule has 0 amide bonds. The van der Waals surface area contributed by atoms with Crippen LogP contribution in [0.25, 0.3) is 0 Å². The number of halogens is 1. The number of benzene rings is 1. The molecule has 1 aliphatic rings. The van der Waals surface area contributed by atoms with Gasteiger partial charge in [0, 0.05) is 17.0 Å². The molecule has 0 saturated heterocycles. The van der Waals surface area contributed by atoms with Crippen molar-refractivity contribution in [1.82, 2.24) is 0 Å². The van der Waals surface area contributed by atoms with Gasteiger partial charge in [0.05, 0.1) is 0 Å². The molecule has 2 rings (SSSR count). The number of carbonyl (C=O) groups excluding carboxylic acids is 1. The van der Waals surface area contributed by atoms with E-state index in [1.807, 2.05) is 19.1 Å². The summed E-state index contributed by atoms with van der Waals surface area (Å²) in [6, 6.07) is 5.52. The number of aryl methyl sites for hydroxylation is 1. The quantitative estimate of drug-likeness (QED) is 0.702. The molecule has 0 aromatic heterocycles. The van der Waals surface area contributed by atoms with Crippen LogP contribution in [-0.2, 0) is 0 Å². The van der Waals surface area contributed by atoms with Crippen molar-refractivity contribution in [2.24, 2.45) is 5.92 Å². The SMILES string of the molecule is Cc1cc(Cl)ccc1C(=O)CCC1CCCC1. The normalized spacial score (nSPS) is 16.4. The summed E-state index contributed by atoms with van der Waals surface area (Å²) in [6.07, 6.45) is 7.06. The van der Waals surface area contributed by atoms with E-state index < -0.39 is 0 Å². The fraction of sp³-hybridized carbons (Fsp3) is 0.533. The van der Waals surface area contributed by atoms with E-state index in [0.29, 0.717) is 11.4 Å². The third kappa shape index (κ3) is 3.32. The van der Waals surface area contributed by atoms with Gasteiger partial charge in [-0.25, -0.2) is 0 Å². The zero-order valence-electron chi connectivity index (χ0n) is 10.3. The zero-order chi connectivity index (χ0) is 12.3. The number of hydrogen-bond donors (Lipinski definition) is 0. The largest absolute Gasteiger partial charge is 0.294 e. The van der Waals surface area contributed by atoms with E-state index in [4.69, 9.17) is 11.6 Å². The molecule has 0 N–H and O–H groups in total. The molecule has 1 aromatic rings. The second-order valence-corrected chi connectivity index (χ2v) is 5.51. The van der Waals surface area contributed by atoms with Crippen LogP contribution in [0.2, 0.25) is 5.02 Å². The molecule has 1 aliphatic carbocycles. The Hall–Kier alpha value is -0.820. The maximum atomic E-state index is 12.1. The van der Waals surface area contributed by atoms with Gasteiger partial charge in [-0.1, -0.05) is 37.3 Å². The Balaban J connectivity index is 1.94. The van der Waals surface area contributed by atoms with E-state index in [9.17, 15) is 4.79 Å². The molecule has 1 saturated carbocycles. The molecule has 2 heteroatoms. The fourth-order valence-corrected chi connectivity index (χ4v) is 2.94. The monoisotopic (exact) mass is 250 g/mol. The van der Waals surface area contributed by atoms with Crippen molar-refractivity contribution < 1.29 is 4.79 Å². The average molecular weight is 251 g/mol. The summed E-state index contributed by atoms with van der Waals surface area (Å²) in [4.78, 5) is 12.1. The molecule has 1 fully saturated rings. The molecule has 0 aliphatic heterocycles. The van der Waals surface area contributed by atoms with Crippen molar-refractivity contribution in [2.75, 3.05) is 0 Å². The Morgan fingerprint density at radius 2 is 2.06 bits per heavy atom. The van der Waals surface area contributed by atoms with Crippen LogP contribution >= 0.6 is 11.6 Å². The Labute approximate surface area is 108 Å². The minimum Gasteiger partial charge on any atom is -0.294 e. The highest BCUT2D eigenvalue weighted by molar-refractivity contribution is 6.30. The topological polar surface area (TPSA) is 17.1 Å². The first-order valence-electron chi connectivity index (χ1n) is 6.46. The van der Waals surface area contributed by atoms with E-state index in [2.05, 4.69) is 0 Å². The molecule has 92 valence electrons. The van der Waals surface area contributed by atoms with Gasteiger partial charge in [0.25, 0.3) is 0 Å². The van der Waals surface area contributed by atoms with Crippen LogP contribution in [0.5, 0.6) is 0 Å². The van der Waals surface area contributed by atoms with Crippen molar-refractivity contribution in [3.05, 3.63) is 34.3 Å². The molecular formula is C15H19ClO. The lowest BCUT2D eigenvalue weighted by Gasteiger charge is -2.09. The second kappa shape index (κ2) is 5.68. The summed E-state index contributed by atoms with van der Waals surface area (Å²) in [5.74, 6) is 1.05. The van der Waals surface area contributed by atoms with Crippen LogP contribution in [0.15, 0.2) is 18.2 Å². The second-order valence-electron chi connectivity index (χ2n) is 5.07. The number of hydrogen-bond acceptors (Lipinski definition) is 1. The number of rotatable bonds is 4. The van der Waals surface area contributed by atoms with E-state index in [-0.39, 0.29) is 5.78 Å². The molecule has 0 spiro atoms. The first kappa shape index (κ1) is 12.6. The minimum atomic E-state index is 0.270. The number of carbonyl (C=O) groups is 1. The van der Waals surface area contributed by atoms with Crippen molar-refractivity contribution in [1.29, 1.82) is 0 Å². The highest BCUT2D eigenvalue weighted by atomic mass is 35.5. The van der Waals surface area contributed by atoms with Crippen LogP contribution in [-0.4, -0.2) is 5.78 Å². The Kier molecular flexibility index (Phi) is 4.22. The van der Waals surface area contributed by atoms with Gasteiger partial charge >= 0.3 is 0 Å². The summed E-state index contributed by atoms with van der Waals surface area (Å²) < 4.78 is 0. The summed E-state index contributed by atoms with van der Waals surface area (Å²) in [7, 11) is 0. The van der Waals surface area contributed by atoms with Crippen molar-refractivity contribution in [2.45, 2.75) is 45.4 Å². The van der Waals surface area contributed by atoms with Crippen LogP contribution in [0.1, 0.15) is 54.4 Å². The Morgan fingerprint density at radius 3 is 2.71 bits per heavy atom. The smallest absolute Gasteiger partial charge is 0.163 e. The molecule has 0 radical (unpaired) electrons. The number of ketones is 1. The molecule has 0 heterocycles. The van der Waals surface area contributed by atoms with Gasteiger partial charge in [0.2, 0.25) is 0 Å². The van der Waals surface area contributed by atoms with Gasteiger partial charge in [0.15, 0.2) is 5.78 Å². The van der Waals surface area contributed by atoms with Gasteiger partial charge in [0.1, 0.15) is 0 Å².